The number of nitrogens with one attached hydrogen (secondary N) is 1. The summed E-state index contributed by atoms with van der Waals surface area (Å²) in [6.07, 6.45) is 2.68. The first-order valence-electron chi connectivity index (χ1n) is 5.44. The fourth-order valence-electron chi connectivity index (χ4n) is 1.84. The molecule has 0 bridgehead atoms. The highest BCUT2D eigenvalue weighted by molar-refractivity contribution is 7.07. The van der Waals surface area contributed by atoms with E-state index in [1.54, 1.807) is 18.4 Å². The Kier molecular flexibility index (Phi) is 3.72. The minimum atomic E-state index is 0.331. The van der Waals surface area contributed by atoms with Crippen molar-refractivity contribution in [2.45, 2.75) is 31.8 Å². The highest BCUT2D eigenvalue weighted by Gasteiger charge is 2.32. The van der Waals surface area contributed by atoms with E-state index in [4.69, 9.17) is 4.74 Å². The van der Waals surface area contributed by atoms with Crippen molar-refractivity contribution in [1.82, 2.24) is 10.3 Å². The van der Waals surface area contributed by atoms with Crippen LogP contribution in [0.3, 0.4) is 0 Å². The van der Waals surface area contributed by atoms with Crippen molar-refractivity contribution in [2.24, 2.45) is 5.92 Å². The van der Waals surface area contributed by atoms with Crippen LogP contribution in [0.1, 0.15) is 31.5 Å². The van der Waals surface area contributed by atoms with Gasteiger partial charge in [-0.15, -0.1) is 11.3 Å². The SMILES string of the molecule is COCC(NC(C)c1cscn1)C1CC1. The van der Waals surface area contributed by atoms with E-state index < -0.39 is 0 Å². The Morgan fingerprint density at radius 1 is 1.67 bits per heavy atom. The monoisotopic (exact) mass is 226 g/mol. The van der Waals surface area contributed by atoms with Gasteiger partial charge >= 0.3 is 0 Å². The maximum absolute atomic E-state index is 5.24. The molecule has 0 aromatic carbocycles. The van der Waals surface area contributed by atoms with E-state index >= 15 is 0 Å². The predicted molar refractivity (Wildman–Crippen MR) is 62.1 cm³/mol. The van der Waals surface area contributed by atoms with Crippen LogP contribution in [0, 0.1) is 5.92 Å². The molecule has 1 N–H and O–H groups in total. The molecule has 1 fully saturated rings. The topological polar surface area (TPSA) is 34.1 Å². The summed E-state index contributed by atoms with van der Waals surface area (Å²) in [5, 5.41) is 5.71. The zero-order chi connectivity index (χ0) is 10.7. The summed E-state index contributed by atoms with van der Waals surface area (Å²) >= 11 is 1.65. The summed E-state index contributed by atoms with van der Waals surface area (Å²) in [4.78, 5) is 4.32. The molecular weight excluding hydrogens is 208 g/mol. The molecule has 15 heavy (non-hydrogen) atoms. The first kappa shape index (κ1) is 11.0. The molecule has 2 unspecified atom stereocenters. The normalized spacial score (nSPS) is 20.1. The van der Waals surface area contributed by atoms with Crippen molar-refractivity contribution in [3.63, 3.8) is 0 Å². The quantitative estimate of drug-likeness (QED) is 0.807. The van der Waals surface area contributed by atoms with Gasteiger partial charge < -0.3 is 10.1 Å². The number of ether oxygens (including phenoxy) is 1. The summed E-state index contributed by atoms with van der Waals surface area (Å²) in [6, 6.07) is 0.823. The van der Waals surface area contributed by atoms with Crippen LogP contribution < -0.4 is 5.32 Å². The summed E-state index contributed by atoms with van der Waals surface area (Å²) in [5.41, 5.74) is 3.03. The highest BCUT2D eigenvalue weighted by Crippen LogP contribution is 2.33. The second-order valence-corrected chi connectivity index (χ2v) is 4.92. The molecule has 1 aliphatic rings. The van der Waals surface area contributed by atoms with Crippen LogP contribution in [-0.2, 0) is 4.74 Å². The Hall–Kier alpha value is -0.450. The van der Waals surface area contributed by atoms with Gasteiger partial charge in [-0.2, -0.15) is 0 Å². The van der Waals surface area contributed by atoms with Gasteiger partial charge in [-0.05, 0) is 25.7 Å². The molecule has 3 nitrogen and oxygen atoms in total. The molecule has 0 radical (unpaired) electrons. The molecule has 0 saturated heterocycles. The van der Waals surface area contributed by atoms with Crippen LogP contribution in [0.2, 0.25) is 0 Å². The minimum absolute atomic E-state index is 0.331. The Morgan fingerprint density at radius 2 is 2.47 bits per heavy atom. The number of hydrogen-bond donors (Lipinski definition) is 1. The Labute approximate surface area is 94.9 Å². The molecule has 0 aliphatic heterocycles. The number of methoxy groups -OCH3 is 1. The lowest BCUT2D eigenvalue weighted by molar-refractivity contribution is 0.152. The number of hydrogen-bond acceptors (Lipinski definition) is 4. The summed E-state index contributed by atoms with van der Waals surface area (Å²) < 4.78 is 5.24. The molecule has 2 atom stereocenters. The van der Waals surface area contributed by atoms with Crippen molar-refractivity contribution in [3.05, 3.63) is 16.6 Å². The van der Waals surface area contributed by atoms with Gasteiger partial charge in [0, 0.05) is 24.6 Å². The summed E-state index contributed by atoms with van der Waals surface area (Å²) in [6.45, 7) is 2.97. The van der Waals surface area contributed by atoms with Gasteiger partial charge in [0.05, 0.1) is 17.8 Å². The van der Waals surface area contributed by atoms with E-state index in [1.807, 2.05) is 5.51 Å². The third-order valence-corrected chi connectivity index (χ3v) is 3.50. The van der Waals surface area contributed by atoms with Crippen molar-refractivity contribution >= 4 is 11.3 Å². The number of rotatable bonds is 6. The second kappa shape index (κ2) is 5.05. The van der Waals surface area contributed by atoms with E-state index in [0.29, 0.717) is 12.1 Å². The summed E-state index contributed by atoms with van der Waals surface area (Å²) in [7, 11) is 1.77. The van der Waals surface area contributed by atoms with Gasteiger partial charge in [-0.3, -0.25) is 0 Å². The lowest BCUT2D eigenvalue weighted by Gasteiger charge is -2.21. The van der Waals surface area contributed by atoms with Crippen LogP contribution in [0.4, 0.5) is 0 Å². The van der Waals surface area contributed by atoms with Crippen LogP contribution in [-0.4, -0.2) is 24.7 Å². The maximum atomic E-state index is 5.24. The summed E-state index contributed by atoms with van der Waals surface area (Å²) in [5.74, 6) is 0.811. The van der Waals surface area contributed by atoms with Gasteiger partial charge in [0.15, 0.2) is 0 Å². The van der Waals surface area contributed by atoms with Gasteiger partial charge in [-0.1, -0.05) is 0 Å². The van der Waals surface area contributed by atoms with E-state index in [0.717, 1.165) is 18.2 Å². The molecule has 84 valence electrons. The van der Waals surface area contributed by atoms with Crippen molar-refractivity contribution < 1.29 is 4.74 Å². The fourth-order valence-corrected chi connectivity index (χ4v) is 2.49. The van der Waals surface area contributed by atoms with Crippen molar-refractivity contribution in [1.29, 1.82) is 0 Å². The number of nitrogens with zero attached hydrogens (tertiary/aromatic N) is 1. The van der Waals surface area contributed by atoms with Crippen LogP contribution in [0.5, 0.6) is 0 Å². The Morgan fingerprint density at radius 3 is 3.00 bits per heavy atom. The van der Waals surface area contributed by atoms with E-state index in [2.05, 4.69) is 22.6 Å². The molecule has 1 aromatic heterocycles. The van der Waals surface area contributed by atoms with Gasteiger partial charge in [0.25, 0.3) is 0 Å². The molecule has 2 rings (SSSR count). The van der Waals surface area contributed by atoms with Gasteiger partial charge in [0.1, 0.15) is 0 Å². The largest absolute Gasteiger partial charge is 0.383 e. The molecule has 0 amide bonds. The molecule has 1 aliphatic carbocycles. The average Bonchev–Trinajstić information content (AvgIpc) is 2.92. The zero-order valence-electron chi connectivity index (χ0n) is 9.27. The second-order valence-electron chi connectivity index (χ2n) is 4.20. The lowest BCUT2D eigenvalue weighted by Crippen LogP contribution is -2.37. The molecule has 1 aromatic rings. The van der Waals surface area contributed by atoms with Crippen molar-refractivity contribution in [3.8, 4) is 0 Å². The number of aromatic nitrogens is 1. The highest BCUT2D eigenvalue weighted by atomic mass is 32.1. The van der Waals surface area contributed by atoms with Crippen LogP contribution >= 0.6 is 11.3 Å². The standard InChI is InChI=1S/C11H18N2OS/c1-8(11-6-15-7-12-11)13-10(5-14-2)9-3-4-9/h6-10,13H,3-5H2,1-2H3. The average molecular weight is 226 g/mol. The fraction of sp³-hybridized carbons (Fsp3) is 0.727. The zero-order valence-corrected chi connectivity index (χ0v) is 10.1. The van der Waals surface area contributed by atoms with Gasteiger partial charge in [0.2, 0.25) is 0 Å². The van der Waals surface area contributed by atoms with E-state index in [1.165, 1.54) is 12.8 Å². The molecule has 4 heteroatoms. The van der Waals surface area contributed by atoms with Gasteiger partial charge in [-0.25, -0.2) is 4.98 Å². The lowest BCUT2D eigenvalue weighted by atomic mass is 10.1. The predicted octanol–water partition coefficient (Wildman–Crippen LogP) is 2.22. The number of thiazole rings is 1. The van der Waals surface area contributed by atoms with Crippen molar-refractivity contribution in [2.75, 3.05) is 13.7 Å². The van der Waals surface area contributed by atoms with E-state index in [-0.39, 0.29) is 0 Å². The minimum Gasteiger partial charge on any atom is -0.383 e. The molecule has 1 saturated carbocycles. The van der Waals surface area contributed by atoms with Crippen LogP contribution in [0.25, 0.3) is 0 Å². The first-order chi connectivity index (χ1) is 7.31. The Balaban J connectivity index is 1.88. The van der Waals surface area contributed by atoms with E-state index in [9.17, 15) is 0 Å². The molecule has 0 spiro atoms. The third kappa shape index (κ3) is 3.00. The molecular formula is C11H18N2OS. The molecule has 1 heterocycles. The first-order valence-corrected chi connectivity index (χ1v) is 6.38. The maximum Gasteiger partial charge on any atom is 0.0795 e. The smallest absolute Gasteiger partial charge is 0.0795 e. The van der Waals surface area contributed by atoms with Crippen LogP contribution in [0.15, 0.2) is 10.9 Å². The third-order valence-electron chi connectivity index (χ3n) is 2.90. The Bertz CT molecular complexity index is 285.